The smallest absolute Gasteiger partial charge is 0.254 e. The standard InChI is InChI=1S/C23H22N4O2/c1-17-15-21(25-16-24-17)26-11-13-27(14-12-26)23(29)20-10-6-5-9-19(20)22(28)18-7-3-2-4-8-18/h2-10,15-16H,11-14H2,1H3. The number of carbonyl (C=O) groups excluding carboxylic acids is 2. The van der Waals surface area contributed by atoms with E-state index in [9.17, 15) is 9.59 Å². The van der Waals surface area contributed by atoms with E-state index in [-0.39, 0.29) is 11.7 Å². The molecule has 0 spiro atoms. The van der Waals surface area contributed by atoms with Crippen LogP contribution in [0.5, 0.6) is 0 Å². The van der Waals surface area contributed by atoms with Gasteiger partial charge in [0.15, 0.2) is 5.78 Å². The van der Waals surface area contributed by atoms with Crippen LogP contribution in [0.25, 0.3) is 0 Å². The molecule has 6 heteroatoms. The van der Waals surface area contributed by atoms with E-state index in [1.165, 1.54) is 0 Å². The third-order valence-corrected chi connectivity index (χ3v) is 5.12. The molecule has 1 amide bonds. The maximum Gasteiger partial charge on any atom is 0.254 e. The van der Waals surface area contributed by atoms with Crippen molar-refractivity contribution in [1.29, 1.82) is 0 Å². The Kier molecular flexibility index (Phi) is 5.33. The summed E-state index contributed by atoms with van der Waals surface area (Å²) in [5, 5.41) is 0. The molecule has 1 fully saturated rings. The van der Waals surface area contributed by atoms with Crippen molar-refractivity contribution in [2.75, 3.05) is 31.1 Å². The highest BCUT2D eigenvalue weighted by Gasteiger charge is 2.26. The lowest BCUT2D eigenvalue weighted by Gasteiger charge is -2.35. The molecule has 1 aliphatic rings. The Morgan fingerprint density at radius 3 is 2.17 bits per heavy atom. The first-order chi connectivity index (χ1) is 14.1. The molecule has 0 N–H and O–H groups in total. The minimum absolute atomic E-state index is 0.108. The minimum atomic E-state index is -0.135. The number of anilines is 1. The predicted octanol–water partition coefficient (Wildman–Crippen LogP) is 2.98. The summed E-state index contributed by atoms with van der Waals surface area (Å²) in [6.45, 7) is 4.48. The molecule has 2 aromatic carbocycles. The Morgan fingerprint density at radius 2 is 1.48 bits per heavy atom. The zero-order valence-electron chi connectivity index (χ0n) is 16.3. The SMILES string of the molecule is Cc1cc(N2CCN(C(=O)c3ccccc3C(=O)c3ccccc3)CC2)ncn1. The van der Waals surface area contributed by atoms with Crippen LogP contribution in [0, 0.1) is 6.92 Å². The molecule has 29 heavy (non-hydrogen) atoms. The molecular formula is C23H22N4O2. The quantitative estimate of drug-likeness (QED) is 0.645. The van der Waals surface area contributed by atoms with Gasteiger partial charge in [-0.1, -0.05) is 48.5 Å². The molecule has 6 nitrogen and oxygen atoms in total. The number of aromatic nitrogens is 2. The number of ketones is 1. The van der Waals surface area contributed by atoms with Crippen LogP contribution in [0.15, 0.2) is 67.0 Å². The predicted molar refractivity (Wildman–Crippen MR) is 111 cm³/mol. The van der Waals surface area contributed by atoms with Crippen LogP contribution >= 0.6 is 0 Å². The van der Waals surface area contributed by atoms with E-state index < -0.39 is 0 Å². The number of nitrogens with zero attached hydrogens (tertiary/aromatic N) is 4. The number of carbonyl (C=O) groups is 2. The molecule has 1 aliphatic heterocycles. The highest BCUT2D eigenvalue weighted by molar-refractivity contribution is 6.15. The summed E-state index contributed by atoms with van der Waals surface area (Å²) >= 11 is 0. The van der Waals surface area contributed by atoms with Crippen molar-refractivity contribution in [3.8, 4) is 0 Å². The number of benzene rings is 2. The summed E-state index contributed by atoms with van der Waals surface area (Å²) in [4.78, 5) is 38.5. The van der Waals surface area contributed by atoms with Crippen LogP contribution < -0.4 is 4.90 Å². The Balaban J connectivity index is 1.50. The van der Waals surface area contributed by atoms with Gasteiger partial charge in [-0.3, -0.25) is 9.59 Å². The van der Waals surface area contributed by atoms with Crippen LogP contribution in [0.4, 0.5) is 5.82 Å². The Bertz CT molecular complexity index is 1030. The minimum Gasteiger partial charge on any atom is -0.353 e. The third kappa shape index (κ3) is 4.01. The van der Waals surface area contributed by atoms with E-state index in [2.05, 4.69) is 14.9 Å². The lowest BCUT2D eigenvalue weighted by Crippen LogP contribution is -2.49. The van der Waals surface area contributed by atoms with Crippen molar-refractivity contribution < 1.29 is 9.59 Å². The van der Waals surface area contributed by atoms with Crippen LogP contribution in [0.1, 0.15) is 32.0 Å². The maximum atomic E-state index is 13.2. The average Bonchev–Trinajstić information content (AvgIpc) is 2.79. The summed E-state index contributed by atoms with van der Waals surface area (Å²) in [7, 11) is 0. The van der Waals surface area contributed by atoms with Crippen LogP contribution in [-0.4, -0.2) is 52.7 Å². The molecule has 0 unspecified atom stereocenters. The summed E-state index contributed by atoms with van der Waals surface area (Å²) in [6, 6.07) is 18.1. The molecule has 1 saturated heterocycles. The fourth-order valence-electron chi connectivity index (χ4n) is 3.54. The first-order valence-corrected chi connectivity index (χ1v) is 9.65. The second-order valence-corrected chi connectivity index (χ2v) is 7.04. The zero-order valence-corrected chi connectivity index (χ0v) is 16.3. The Labute approximate surface area is 169 Å². The van der Waals surface area contributed by atoms with Crippen molar-refractivity contribution in [2.24, 2.45) is 0 Å². The monoisotopic (exact) mass is 386 g/mol. The lowest BCUT2D eigenvalue weighted by atomic mass is 9.97. The molecule has 0 atom stereocenters. The molecule has 0 aliphatic carbocycles. The van der Waals surface area contributed by atoms with E-state index in [4.69, 9.17) is 0 Å². The molecular weight excluding hydrogens is 364 g/mol. The van der Waals surface area contributed by atoms with Crippen molar-refractivity contribution in [2.45, 2.75) is 6.92 Å². The van der Waals surface area contributed by atoms with E-state index in [1.54, 1.807) is 42.7 Å². The van der Waals surface area contributed by atoms with Crippen LogP contribution in [0.3, 0.4) is 0 Å². The Hall–Kier alpha value is -3.54. The highest BCUT2D eigenvalue weighted by Crippen LogP contribution is 2.19. The third-order valence-electron chi connectivity index (χ3n) is 5.12. The van der Waals surface area contributed by atoms with Gasteiger partial charge in [0, 0.05) is 49.1 Å². The molecule has 0 radical (unpaired) electrons. The molecule has 3 aromatic rings. The lowest BCUT2D eigenvalue weighted by molar-refractivity contribution is 0.0742. The molecule has 0 saturated carbocycles. The molecule has 2 heterocycles. The zero-order chi connectivity index (χ0) is 20.2. The van der Waals surface area contributed by atoms with Crippen molar-refractivity contribution in [1.82, 2.24) is 14.9 Å². The van der Waals surface area contributed by atoms with Gasteiger partial charge in [0.25, 0.3) is 5.91 Å². The van der Waals surface area contributed by atoms with E-state index in [1.807, 2.05) is 36.1 Å². The molecule has 4 rings (SSSR count). The number of rotatable bonds is 4. The van der Waals surface area contributed by atoms with Gasteiger partial charge in [-0.05, 0) is 13.0 Å². The topological polar surface area (TPSA) is 66.4 Å². The van der Waals surface area contributed by atoms with Gasteiger partial charge >= 0.3 is 0 Å². The van der Waals surface area contributed by atoms with Gasteiger partial charge in [-0.15, -0.1) is 0 Å². The van der Waals surface area contributed by atoms with E-state index in [0.717, 1.165) is 11.5 Å². The summed E-state index contributed by atoms with van der Waals surface area (Å²) in [5.41, 5.74) is 2.39. The Morgan fingerprint density at radius 1 is 0.828 bits per heavy atom. The van der Waals surface area contributed by atoms with Gasteiger partial charge < -0.3 is 9.80 Å². The second-order valence-electron chi connectivity index (χ2n) is 7.04. The van der Waals surface area contributed by atoms with Crippen LogP contribution in [0.2, 0.25) is 0 Å². The van der Waals surface area contributed by atoms with Crippen molar-refractivity contribution in [3.05, 3.63) is 89.4 Å². The summed E-state index contributed by atoms with van der Waals surface area (Å²) in [5.74, 6) is 0.636. The number of amides is 1. The van der Waals surface area contributed by atoms with Gasteiger partial charge in [0.1, 0.15) is 12.1 Å². The van der Waals surface area contributed by atoms with Gasteiger partial charge in [0.05, 0.1) is 5.56 Å². The largest absolute Gasteiger partial charge is 0.353 e. The van der Waals surface area contributed by atoms with E-state index >= 15 is 0 Å². The number of hydrogen-bond acceptors (Lipinski definition) is 5. The van der Waals surface area contributed by atoms with Crippen molar-refractivity contribution >= 4 is 17.5 Å². The highest BCUT2D eigenvalue weighted by atomic mass is 16.2. The van der Waals surface area contributed by atoms with Crippen LogP contribution in [-0.2, 0) is 0 Å². The molecule has 146 valence electrons. The van der Waals surface area contributed by atoms with Gasteiger partial charge in [0.2, 0.25) is 0 Å². The molecule has 0 bridgehead atoms. The van der Waals surface area contributed by atoms with E-state index in [0.29, 0.717) is 42.9 Å². The fourth-order valence-corrected chi connectivity index (χ4v) is 3.54. The first kappa shape index (κ1) is 18.8. The molecule has 1 aromatic heterocycles. The summed E-state index contributed by atoms with van der Waals surface area (Å²) < 4.78 is 0. The summed E-state index contributed by atoms with van der Waals surface area (Å²) in [6.07, 6.45) is 1.56. The van der Waals surface area contributed by atoms with Gasteiger partial charge in [-0.2, -0.15) is 0 Å². The first-order valence-electron chi connectivity index (χ1n) is 9.65. The average molecular weight is 386 g/mol. The fraction of sp³-hybridized carbons (Fsp3) is 0.217. The number of piperazine rings is 1. The second kappa shape index (κ2) is 8.22. The number of hydrogen-bond donors (Lipinski definition) is 0. The van der Waals surface area contributed by atoms with Gasteiger partial charge in [-0.25, -0.2) is 9.97 Å². The maximum absolute atomic E-state index is 13.2. The van der Waals surface area contributed by atoms with Crippen molar-refractivity contribution in [3.63, 3.8) is 0 Å². The normalized spacial score (nSPS) is 14.0. The number of aryl methyl sites for hydroxylation is 1.